The molecule has 0 fully saturated rings. The Morgan fingerprint density at radius 3 is 1.85 bits per heavy atom. The van der Waals surface area contributed by atoms with Crippen molar-refractivity contribution in [2.75, 3.05) is 5.32 Å². The Hall–Kier alpha value is -3.20. The molecule has 1 amide bonds. The summed E-state index contributed by atoms with van der Waals surface area (Å²) in [6.45, 7) is 9.28. The van der Waals surface area contributed by atoms with Gasteiger partial charge in [0.05, 0.1) is 26.9 Å². The van der Waals surface area contributed by atoms with Crippen LogP contribution in [0.5, 0.6) is 0 Å². The van der Waals surface area contributed by atoms with Gasteiger partial charge in [0.15, 0.2) is 9.84 Å². The van der Waals surface area contributed by atoms with Crippen LogP contribution >= 0.6 is 0 Å². The second kappa shape index (κ2) is 8.30. The van der Waals surface area contributed by atoms with Crippen molar-refractivity contribution >= 4 is 32.5 Å². The second-order valence-electron chi connectivity index (χ2n) is 9.44. The molecule has 3 rings (SSSR count). The first-order chi connectivity index (χ1) is 15.2. The fraction of sp³-hybridized carbons (Fsp3) is 0.375. The molecule has 0 saturated heterocycles. The van der Waals surface area contributed by atoms with E-state index in [1.54, 1.807) is 12.1 Å². The highest BCUT2D eigenvalue weighted by Crippen LogP contribution is 2.30. The molecule has 1 aromatic heterocycles. The zero-order valence-electron chi connectivity index (χ0n) is 19.9. The zero-order valence-corrected chi connectivity index (χ0v) is 20.7. The fourth-order valence-corrected chi connectivity index (χ4v) is 4.70. The molecule has 0 atom stereocenters. The van der Waals surface area contributed by atoms with Gasteiger partial charge < -0.3 is 14.5 Å². The maximum absolute atomic E-state index is 13.1. The number of sulfone groups is 1. The molecule has 0 aliphatic rings. The van der Waals surface area contributed by atoms with Crippen LogP contribution in [0, 0.1) is 0 Å². The van der Waals surface area contributed by atoms with E-state index in [0.29, 0.717) is 11.1 Å². The summed E-state index contributed by atoms with van der Waals surface area (Å²) in [5.74, 6) is -0.482. The molecule has 0 aliphatic heterocycles. The zero-order chi connectivity index (χ0) is 24.9. The van der Waals surface area contributed by atoms with E-state index in [9.17, 15) is 22.8 Å². The summed E-state index contributed by atoms with van der Waals surface area (Å²) in [4.78, 5) is 37.4. The number of hydrogen-bond donors (Lipinski definition) is 1. The van der Waals surface area contributed by atoms with Crippen molar-refractivity contribution in [2.45, 2.75) is 50.2 Å². The molecule has 0 spiro atoms. The molecule has 1 N–H and O–H groups in total. The number of carbonyl (C=O) groups is 1. The van der Waals surface area contributed by atoms with Gasteiger partial charge >= 0.3 is 11.1 Å². The van der Waals surface area contributed by atoms with Gasteiger partial charge in [-0.3, -0.25) is 14.4 Å². The Morgan fingerprint density at radius 2 is 1.39 bits per heavy atom. The first-order valence-electron chi connectivity index (χ1n) is 10.6. The number of aromatic nitrogens is 2. The van der Waals surface area contributed by atoms with Gasteiger partial charge in [0, 0.05) is 19.7 Å². The van der Waals surface area contributed by atoms with E-state index in [2.05, 4.69) is 26.1 Å². The van der Waals surface area contributed by atoms with Crippen LogP contribution in [0.25, 0.3) is 11.0 Å². The van der Waals surface area contributed by atoms with E-state index in [4.69, 9.17) is 0 Å². The Labute approximate surface area is 192 Å². The van der Waals surface area contributed by atoms with Crippen molar-refractivity contribution in [1.29, 1.82) is 0 Å². The van der Waals surface area contributed by atoms with Crippen molar-refractivity contribution < 1.29 is 13.2 Å². The summed E-state index contributed by atoms with van der Waals surface area (Å²) < 4.78 is 28.5. The average Bonchev–Trinajstić information content (AvgIpc) is 2.75. The third-order valence-corrected chi connectivity index (χ3v) is 7.97. The maximum atomic E-state index is 13.1. The minimum Gasteiger partial charge on any atom is -0.321 e. The van der Waals surface area contributed by atoms with E-state index < -0.39 is 32.1 Å². The van der Waals surface area contributed by atoms with E-state index >= 15 is 0 Å². The fourth-order valence-electron chi connectivity index (χ4n) is 3.50. The van der Waals surface area contributed by atoms with Crippen LogP contribution in [0.15, 0.2) is 50.9 Å². The number of hydrogen-bond acceptors (Lipinski definition) is 5. The molecule has 2 aromatic carbocycles. The maximum Gasteiger partial charge on any atom is 0.316 e. The number of amides is 1. The third-order valence-electron chi connectivity index (χ3n) is 5.78. The lowest BCUT2D eigenvalue weighted by Gasteiger charge is -2.19. The molecule has 8 nitrogen and oxygen atoms in total. The van der Waals surface area contributed by atoms with Crippen LogP contribution in [0.2, 0.25) is 0 Å². The Morgan fingerprint density at radius 1 is 0.909 bits per heavy atom. The van der Waals surface area contributed by atoms with E-state index in [1.165, 1.54) is 40.1 Å². The molecule has 1 heterocycles. The summed E-state index contributed by atoms with van der Waals surface area (Å²) in [7, 11) is -0.983. The first-order valence-corrected chi connectivity index (χ1v) is 12.1. The van der Waals surface area contributed by atoms with Crippen LogP contribution < -0.4 is 16.4 Å². The smallest absolute Gasteiger partial charge is 0.316 e. The summed E-state index contributed by atoms with van der Waals surface area (Å²) in [5, 5.41) is 1.94. The summed E-state index contributed by atoms with van der Waals surface area (Å²) in [6, 6.07) is 9.86. The van der Waals surface area contributed by atoms with Gasteiger partial charge in [-0.1, -0.05) is 32.9 Å². The predicted molar refractivity (Wildman–Crippen MR) is 130 cm³/mol. The molecular weight excluding hydrogens is 442 g/mol. The number of nitrogens with zero attached hydrogens (tertiary/aromatic N) is 2. The van der Waals surface area contributed by atoms with Gasteiger partial charge in [0.25, 0.3) is 5.91 Å². The molecular formula is C24H29N3O5S. The minimum atomic E-state index is -3.82. The molecule has 0 aliphatic carbocycles. The predicted octanol–water partition coefficient (Wildman–Crippen LogP) is 2.97. The van der Waals surface area contributed by atoms with Gasteiger partial charge in [-0.05, 0) is 49.1 Å². The number of carbonyl (C=O) groups excluding carboxylic acids is 1. The van der Waals surface area contributed by atoms with Crippen LogP contribution in [0.1, 0.15) is 50.5 Å². The Kier molecular flexibility index (Phi) is 6.14. The quantitative estimate of drug-likeness (QED) is 0.589. The van der Waals surface area contributed by atoms with Gasteiger partial charge in [-0.25, -0.2) is 8.42 Å². The summed E-state index contributed by atoms with van der Waals surface area (Å²) in [5.41, 5.74) is 0.473. The number of benzene rings is 2. The molecule has 3 aromatic rings. The number of fused-ring (bicyclic) bond motifs is 1. The number of nitrogens with one attached hydrogen (secondary N) is 1. The van der Waals surface area contributed by atoms with Crippen molar-refractivity contribution in [3.8, 4) is 0 Å². The van der Waals surface area contributed by atoms with Gasteiger partial charge in [0.2, 0.25) is 0 Å². The largest absolute Gasteiger partial charge is 0.321 e. The Bertz CT molecular complexity index is 1470. The van der Waals surface area contributed by atoms with Gasteiger partial charge in [0.1, 0.15) is 0 Å². The van der Waals surface area contributed by atoms with Crippen molar-refractivity contribution in [3.05, 3.63) is 68.2 Å². The minimum absolute atomic E-state index is 0.0507. The molecule has 0 radical (unpaired) electrons. The topological polar surface area (TPSA) is 107 Å². The van der Waals surface area contributed by atoms with E-state index in [-0.39, 0.29) is 21.5 Å². The monoisotopic (exact) mass is 471 g/mol. The summed E-state index contributed by atoms with van der Waals surface area (Å²) in [6.07, 6.45) is 0. The molecule has 0 bridgehead atoms. The number of rotatable bonds is 4. The highest BCUT2D eigenvalue weighted by Gasteiger charge is 2.26. The molecule has 0 saturated carbocycles. The van der Waals surface area contributed by atoms with Crippen molar-refractivity contribution in [3.63, 3.8) is 0 Å². The normalized spacial score (nSPS) is 12.4. The van der Waals surface area contributed by atoms with Crippen LogP contribution in [-0.4, -0.2) is 28.7 Å². The average molecular weight is 472 g/mol. The Balaban J connectivity index is 2.21. The van der Waals surface area contributed by atoms with Crippen LogP contribution in [-0.2, 0) is 29.3 Å². The van der Waals surface area contributed by atoms with Crippen molar-refractivity contribution in [2.24, 2.45) is 14.1 Å². The molecule has 9 heteroatoms. The van der Waals surface area contributed by atoms with Gasteiger partial charge in [-0.2, -0.15) is 0 Å². The third kappa shape index (κ3) is 4.37. The lowest BCUT2D eigenvalue weighted by Crippen LogP contribution is -2.39. The lowest BCUT2D eigenvalue weighted by molar-refractivity contribution is 0.102. The van der Waals surface area contributed by atoms with E-state index in [0.717, 1.165) is 14.7 Å². The molecule has 176 valence electrons. The number of anilines is 1. The second-order valence-corrected chi connectivity index (χ2v) is 11.9. The number of aryl methyl sites for hydroxylation is 2. The molecule has 0 unspecified atom stereocenters. The molecule has 33 heavy (non-hydrogen) atoms. The SMILES string of the molecule is CC(C)S(=O)(=O)c1cc2c(cc1NC(=O)c1ccc(C(C)(C)C)cc1)n(C)c(=O)c(=O)n2C. The highest BCUT2D eigenvalue weighted by molar-refractivity contribution is 7.92. The van der Waals surface area contributed by atoms with Crippen molar-refractivity contribution in [1.82, 2.24) is 9.13 Å². The highest BCUT2D eigenvalue weighted by atomic mass is 32.2. The first kappa shape index (κ1) is 24.4. The lowest BCUT2D eigenvalue weighted by atomic mass is 9.87. The van der Waals surface area contributed by atoms with Crippen LogP contribution in [0.3, 0.4) is 0 Å². The standard InChI is InChI=1S/C24H29N3O5S/c1-14(2)33(31,32)20-13-19-18(26(6)22(29)23(30)27(19)7)12-17(20)25-21(28)15-8-10-16(11-9-15)24(3,4)5/h8-14H,1-7H3,(H,25,28). The summed E-state index contributed by atoms with van der Waals surface area (Å²) >= 11 is 0. The van der Waals surface area contributed by atoms with Gasteiger partial charge in [-0.15, -0.1) is 0 Å². The van der Waals surface area contributed by atoms with Crippen LogP contribution in [0.4, 0.5) is 5.69 Å². The van der Waals surface area contributed by atoms with E-state index in [1.807, 2.05) is 12.1 Å².